The zero-order chi connectivity index (χ0) is 17.5. The number of alkyl halides is 1. The van der Waals surface area contributed by atoms with Gasteiger partial charge in [0.15, 0.2) is 23.7 Å². The van der Waals surface area contributed by atoms with Crippen molar-refractivity contribution in [1.82, 2.24) is 4.90 Å². The Morgan fingerprint density at radius 1 is 1.30 bits per heavy atom. The van der Waals surface area contributed by atoms with Crippen LogP contribution in [0.25, 0.3) is 10.4 Å². The van der Waals surface area contributed by atoms with Crippen molar-refractivity contribution in [1.29, 1.82) is 0 Å². The molecule has 1 aliphatic heterocycles. The number of amides is 2. The molecule has 0 radical (unpaired) electrons. The maximum Gasteiger partial charge on any atom is 0.341 e. The molecule has 0 aromatic heterocycles. The lowest BCUT2D eigenvalue weighted by Gasteiger charge is -2.39. The van der Waals surface area contributed by atoms with Gasteiger partial charge in [0.25, 0.3) is 0 Å². The maximum atomic E-state index is 14.4. The average Bonchev–Trinajstić information content (AvgIpc) is 2.82. The Labute approximate surface area is 124 Å². The molecule has 2 aliphatic rings. The maximum absolute atomic E-state index is 14.4. The van der Waals surface area contributed by atoms with Crippen molar-refractivity contribution in [2.75, 3.05) is 0 Å². The molecule has 1 saturated heterocycles. The van der Waals surface area contributed by atoms with E-state index in [0.717, 1.165) is 0 Å². The Hall–Kier alpha value is -2.88. The highest BCUT2D eigenvalue weighted by Crippen LogP contribution is 2.47. The van der Waals surface area contributed by atoms with Crippen molar-refractivity contribution in [3.8, 4) is 0 Å². The molecule has 1 heterocycles. The normalized spacial score (nSPS) is 28.3. The van der Waals surface area contributed by atoms with E-state index in [9.17, 15) is 31.9 Å². The monoisotopic (exact) mass is 334 g/mol. The molecule has 12 heteroatoms. The minimum atomic E-state index is -3.85. The van der Waals surface area contributed by atoms with Gasteiger partial charge in [-0.1, -0.05) is 5.11 Å². The number of imide groups is 1. The van der Waals surface area contributed by atoms with Crippen LogP contribution in [0.15, 0.2) is 28.3 Å². The molecule has 1 N–H and O–H groups in total. The van der Waals surface area contributed by atoms with Gasteiger partial charge in [-0.3, -0.25) is 14.5 Å². The number of carbonyl (C=O) groups excluding carboxylic acids is 2. The molecule has 2 rings (SSSR count). The summed E-state index contributed by atoms with van der Waals surface area (Å²) >= 11 is 0. The third-order valence-electron chi connectivity index (χ3n) is 3.43. The van der Waals surface area contributed by atoms with Crippen molar-refractivity contribution in [2.45, 2.75) is 24.6 Å². The molecule has 1 fully saturated rings. The number of nitrogens with zero attached hydrogens (tertiary/aromatic N) is 4. The van der Waals surface area contributed by atoms with Crippen molar-refractivity contribution in [2.24, 2.45) is 5.11 Å². The summed E-state index contributed by atoms with van der Waals surface area (Å²) in [6.45, 7) is 0. The Bertz CT molecular complexity index is 726. The molecule has 0 saturated carbocycles. The van der Waals surface area contributed by atoms with Crippen LogP contribution in [0.4, 0.5) is 17.6 Å². The molecule has 1 aliphatic carbocycles. The fourth-order valence-electron chi connectivity index (χ4n) is 2.41. The number of carboxylic acid groups (broad SMARTS) is 1. The van der Waals surface area contributed by atoms with Crippen LogP contribution in [0.5, 0.6) is 0 Å². The molecular weight excluding hydrogens is 328 g/mol. The van der Waals surface area contributed by atoms with E-state index < -0.39 is 65.5 Å². The van der Waals surface area contributed by atoms with Gasteiger partial charge in [0.05, 0.1) is 0 Å². The average molecular weight is 334 g/mol. The number of hydrogen-bond donors (Lipinski definition) is 1. The lowest BCUT2D eigenvalue weighted by Crippen LogP contribution is -2.64. The third-order valence-corrected chi connectivity index (χ3v) is 3.43. The summed E-state index contributed by atoms with van der Waals surface area (Å²) in [4.78, 5) is 36.3. The Morgan fingerprint density at radius 3 is 2.26 bits per heavy atom. The van der Waals surface area contributed by atoms with Gasteiger partial charge in [-0.05, 0) is 5.53 Å². The van der Waals surface area contributed by atoms with Crippen molar-refractivity contribution >= 4 is 17.8 Å². The third kappa shape index (κ3) is 1.99. The SMILES string of the molecule is [N-]=[N+]=NC1=C(F)C(F)C(C(=O)O)(N2C(=O)CCC2=O)C(F)=C1F. The van der Waals surface area contributed by atoms with Gasteiger partial charge in [0, 0.05) is 17.8 Å². The van der Waals surface area contributed by atoms with Crippen molar-refractivity contribution in [3.05, 3.63) is 33.6 Å². The van der Waals surface area contributed by atoms with E-state index >= 15 is 0 Å². The topological polar surface area (TPSA) is 123 Å². The summed E-state index contributed by atoms with van der Waals surface area (Å²) in [5, 5.41) is 11.6. The molecule has 122 valence electrons. The van der Waals surface area contributed by atoms with Crippen LogP contribution >= 0.6 is 0 Å². The fourth-order valence-corrected chi connectivity index (χ4v) is 2.41. The first kappa shape index (κ1) is 16.5. The number of aliphatic carboxylic acids is 1. The number of rotatable bonds is 3. The largest absolute Gasteiger partial charge is 0.479 e. The zero-order valence-electron chi connectivity index (χ0n) is 11.0. The smallest absolute Gasteiger partial charge is 0.341 e. The Kier molecular flexibility index (Phi) is 3.87. The van der Waals surface area contributed by atoms with E-state index in [0.29, 0.717) is 0 Å². The first-order valence-corrected chi connectivity index (χ1v) is 5.95. The number of hydrogen-bond acceptors (Lipinski definition) is 4. The number of carboxylic acids is 1. The van der Waals surface area contributed by atoms with Gasteiger partial charge in [-0.2, -0.15) is 0 Å². The van der Waals surface area contributed by atoms with Gasteiger partial charge in [-0.15, -0.1) is 0 Å². The quantitative estimate of drug-likeness (QED) is 0.278. The Morgan fingerprint density at radius 2 is 1.83 bits per heavy atom. The summed E-state index contributed by atoms with van der Waals surface area (Å²) in [6, 6.07) is 0. The molecule has 2 amide bonds. The van der Waals surface area contributed by atoms with E-state index in [1.807, 2.05) is 4.91 Å². The van der Waals surface area contributed by atoms with Crippen LogP contribution in [0.1, 0.15) is 12.8 Å². The summed E-state index contributed by atoms with van der Waals surface area (Å²) in [7, 11) is 0. The molecule has 0 bridgehead atoms. The minimum absolute atomic E-state index is 0.346. The van der Waals surface area contributed by atoms with E-state index in [1.54, 1.807) is 0 Å². The molecule has 0 aromatic carbocycles. The summed E-state index contributed by atoms with van der Waals surface area (Å²) < 4.78 is 56.4. The van der Waals surface area contributed by atoms with E-state index in [4.69, 9.17) is 10.6 Å². The molecule has 0 aromatic rings. The second-order valence-electron chi connectivity index (χ2n) is 4.57. The molecule has 2 atom stereocenters. The van der Waals surface area contributed by atoms with Gasteiger partial charge >= 0.3 is 5.97 Å². The van der Waals surface area contributed by atoms with Crippen LogP contribution in [0, 0.1) is 0 Å². The van der Waals surface area contributed by atoms with Crippen LogP contribution in [-0.4, -0.2) is 39.5 Å². The van der Waals surface area contributed by atoms with Crippen LogP contribution in [-0.2, 0) is 14.4 Å². The van der Waals surface area contributed by atoms with Gasteiger partial charge in [0.1, 0.15) is 5.70 Å². The lowest BCUT2D eigenvalue weighted by molar-refractivity contribution is -0.166. The number of azide groups is 1. The van der Waals surface area contributed by atoms with Crippen LogP contribution in [0.3, 0.4) is 0 Å². The highest BCUT2D eigenvalue weighted by atomic mass is 19.2. The standard InChI is InChI=1S/C11H6F4N4O4/c12-5-7(17-18-16)6(13)9(15)11(8(5)14,10(22)23)19-3(20)1-2-4(19)21/h8H,1-2H2,(H,22,23). The van der Waals surface area contributed by atoms with E-state index in [-0.39, 0.29) is 4.90 Å². The highest BCUT2D eigenvalue weighted by Gasteiger charge is 2.66. The van der Waals surface area contributed by atoms with Crippen molar-refractivity contribution < 1.29 is 37.1 Å². The number of likely N-dealkylation sites (tertiary alicyclic amines) is 1. The zero-order valence-corrected chi connectivity index (χ0v) is 11.0. The van der Waals surface area contributed by atoms with Crippen LogP contribution in [0.2, 0.25) is 0 Å². The first-order chi connectivity index (χ1) is 10.7. The summed E-state index contributed by atoms with van der Waals surface area (Å²) in [5.41, 5.74) is 2.58. The van der Waals surface area contributed by atoms with Crippen LogP contribution < -0.4 is 0 Å². The van der Waals surface area contributed by atoms with Gasteiger partial charge < -0.3 is 5.11 Å². The fraction of sp³-hybridized carbons (Fsp3) is 0.364. The molecule has 0 spiro atoms. The van der Waals surface area contributed by atoms with E-state index in [2.05, 4.69) is 5.11 Å². The number of allylic oxidation sites excluding steroid dienone is 1. The molecule has 8 nitrogen and oxygen atoms in total. The van der Waals surface area contributed by atoms with E-state index in [1.165, 1.54) is 0 Å². The van der Waals surface area contributed by atoms with Crippen molar-refractivity contribution in [3.63, 3.8) is 0 Å². The summed E-state index contributed by atoms with van der Waals surface area (Å²) in [5.74, 6) is -12.1. The predicted molar refractivity (Wildman–Crippen MR) is 62.9 cm³/mol. The molecule has 23 heavy (non-hydrogen) atoms. The molecular formula is C11H6F4N4O4. The van der Waals surface area contributed by atoms with Gasteiger partial charge in [-0.25, -0.2) is 22.4 Å². The number of carbonyl (C=O) groups is 3. The minimum Gasteiger partial charge on any atom is -0.479 e. The second kappa shape index (κ2) is 5.39. The number of halogens is 4. The Balaban J connectivity index is 2.81. The summed E-state index contributed by atoms with van der Waals surface area (Å²) in [6.07, 6.45) is -4.61. The second-order valence-corrected chi connectivity index (χ2v) is 4.57. The predicted octanol–water partition coefficient (Wildman–Crippen LogP) is 1.95. The molecule has 2 unspecified atom stereocenters. The lowest BCUT2D eigenvalue weighted by atomic mass is 9.84. The first-order valence-electron chi connectivity index (χ1n) is 5.95. The highest BCUT2D eigenvalue weighted by molar-refractivity contribution is 6.08. The van der Waals surface area contributed by atoms with Gasteiger partial charge in [0.2, 0.25) is 17.4 Å².